The van der Waals surface area contributed by atoms with Gasteiger partial charge in [-0.3, -0.25) is 19.7 Å². The number of carbonyl (C=O) groups is 5. The highest BCUT2D eigenvalue weighted by molar-refractivity contribution is 8.76. The molecule has 1 aromatic carbocycles. The van der Waals surface area contributed by atoms with Gasteiger partial charge in [0.25, 0.3) is 0 Å². The summed E-state index contributed by atoms with van der Waals surface area (Å²) < 4.78 is 29.3. The fourth-order valence-electron chi connectivity index (χ4n) is 7.28. The molecule has 0 saturated carbocycles. The summed E-state index contributed by atoms with van der Waals surface area (Å²) in [7, 11) is 9.20. The number of amides is 3. The molecule has 2 fully saturated rings. The number of hydrogen-bond donors (Lipinski definition) is 2. The molecule has 1 aromatic rings. The van der Waals surface area contributed by atoms with Crippen LogP contribution >= 0.6 is 33.2 Å². The second-order valence-corrected chi connectivity index (χ2v) is 19.1. The first kappa shape index (κ1) is 48.4. The minimum atomic E-state index is -1.84. The molecule has 14 nitrogen and oxygen atoms in total. The van der Waals surface area contributed by atoms with Crippen molar-refractivity contribution in [2.45, 2.75) is 134 Å². The van der Waals surface area contributed by atoms with Crippen molar-refractivity contribution < 1.29 is 52.8 Å². The summed E-state index contributed by atoms with van der Waals surface area (Å²) in [6.07, 6.45) is 2.85. The Balaban J connectivity index is 1.61. The molecule has 0 radical (unpaired) electrons. The van der Waals surface area contributed by atoms with Crippen LogP contribution in [0, 0.1) is 5.92 Å². The van der Waals surface area contributed by atoms with Gasteiger partial charge in [0, 0.05) is 63.8 Å². The van der Waals surface area contributed by atoms with E-state index in [0.29, 0.717) is 36.5 Å². The average Bonchev–Trinajstić information content (AvgIpc) is 3.90. The Morgan fingerprint density at radius 1 is 1.19 bits per heavy atom. The van der Waals surface area contributed by atoms with Crippen LogP contribution in [0.15, 0.2) is 35.9 Å². The van der Waals surface area contributed by atoms with Crippen LogP contribution in [0.1, 0.15) is 85.6 Å². The third-order valence-electron chi connectivity index (χ3n) is 11.4. The maximum atomic E-state index is 14.2. The van der Waals surface area contributed by atoms with Gasteiger partial charge in [0.2, 0.25) is 11.8 Å². The summed E-state index contributed by atoms with van der Waals surface area (Å²) in [6, 6.07) is 2.58. The van der Waals surface area contributed by atoms with E-state index in [9.17, 15) is 29.1 Å². The number of nitrogens with zero attached hydrogens (tertiary/aromatic N) is 2. The molecule has 3 heterocycles. The van der Waals surface area contributed by atoms with Crippen molar-refractivity contribution >= 4 is 68.5 Å². The van der Waals surface area contributed by atoms with E-state index in [2.05, 4.69) is 12.2 Å². The Bertz CT molecular complexity index is 1780. The highest BCUT2D eigenvalue weighted by Gasteiger charge is 2.64. The van der Waals surface area contributed by atoms with Gasteiger partial charge < -0.3 is 38.6 Å². The highest BCUT2D eigenvalue weighted by atomic mass is 35.5. The van der Waals surface area contributed by atoms with E-state index in [0.717, 1.165) is 17.6 Å². The molecule has 2 saturated heterocycles. The number of allylic oxidation sites excluding steroid dienone is 3. The van der Waals surface area contributed by atoms with Gasteiger partial charge in [-0.25, -0.2) is 9.59 Å². The third kappa shape index (κ3) is 12.2. The number of epoxide rings is 1. The zero-order valence-electron chi connectivity index (χ0n) is 35.7. The van der Waals surface area contributed by atoms with Gasteiger partial charge in [-0.15, -0.1) is 0 Å². The van der Waals surface area contributed by atoms with Gasteiger partial charge in [-0.1, -0.05) is 77.8 Å². The number of rotatable bonds is 14. The Morgan fingerprint density at radius 2 is 1.90 bits per heavy atom. The number of esters is 1. The van der Waals surface area contributed by atoms with Gasteiger partial charge >= 0.3 is 12.1 Å². The highest BCUT2D eigenvalue weighted by Crippen LogP contribution is 2.49. The normalized spacial score (nSPS) is 29.7. The smallest absolute Gasteiger partial charge is 0.409 e. The van der Waals surface area contributed by atoms with Crippen LogP contribution in [0.2, 0.25) is 5.02 Å². The van der Waals surface area contributed by atoms with E-state index in [-0.39, 0.29) is 41.2 Å². The minimum Gasteiger partial charge on any atom is -0.495 e. The number of aliphatic hydroxyl groups is 1. The number of Topliss-reactive ketones (excluding diaryl/α,β-unsaturated/α-hetero) is 1. The lowest BCUT2D eigenvalue weighted by molar-refractivity contribution is -0.162. The second-order valence-electron chi connectivity index (χ2n) is 15.8. The van der Waals surface area contributed by atoms with E-state index < -0.39 is 65.7 Å². The molecule has 9 atom stereocenters. The predicted molar refractivity (Wildman–Crippen MR) is 230 cm³/mol. The van der Waals surface area contributed by atoms with E-state index in [1.165, 1.54) is 31.1 Å². The maximum absolute atomic E-state index is 14.2. The monoisotopic (exact) mass is 881 g/mol. The van der Waals surface area contributed by atoms with Crippen LogP contribution in [0.25, 0.3) is 0 Å². The van der Waals surface area contributed by atoms with Crippen LogP contribution in [0.4, 0.5) is 10.5 Å². The molecule has 0 aliphatic carbocycles. The maximum Gasteiger partial charge on any atom is 0.409 e. The summed E-state index contributed by atoms with van der Waals surface area (Å²) in [6.45, 7) is 10.9. The van der Waals surface area contributed by atoms with Gasteiger partial charge in [-0.2, -0.15) is 0 Å². The summed E-state index contributed by atoms with van der Waals surface area (Å²) in [5, 5.41) is 14.8. The number of methoxy groups -OCH3 is 2. The molecule has 0 spiro atoms. The topological polar surface area (TPSA) is 174 Å². The molecular weight excluding hydrogens is 822 g/mol. The first-order valence-electron chi connectivity index (χ1n) is 19.9. The van der Waals surface area contributed by atoms with E-state index in [1.54, 1.807) is 73.7 Å². The van der Waals surface area contributed by atoms with Crippen molar-refractivity contribution in [3.05, 3.63) is 46.5 Å². The number of ketones is 1. The number of hydrogen-bond acceptors (Lipinski definition) is 13. The SMILES string of the molecule is CCC(=O)CC[C@@H](C)SSCCC(=O)N(C)[C@@H](C)C(=O)O[C@H]1CC(=O)N(C)c2cc(cc(OC)c2Cl)C/C(C)=C/C=C/[C@@H](OC)[C@@]2(O)C[C@H](OC(=O)N2)[C@@H](C)[C@@H]2O[C@@]12C. The van der Waals surface area contributed by atoms with Gasteiger partial charge in [0.1, 0.15) is 46.5 Å². The van der Waals surface area contributed by atoms with Crippen LogP contribution < -0.4 is 15.0 Å². The van der Waals surface area contributed by atoms with E-state index >= 15 is 0 Å². The summed E-state index contributed by atoms with van der Waals surface area (Å²) in [4.78, 5) is 68.7. The minimum absolute atomic E-state index is 0.0597. The number of alkyl carbamates (subject to hydrolysis) is 1. The van der Waals surface area contributed by atoms with Crippen LogP contribution in [0.5, 0.6) is 5.75 Å². The van der Waals surface area contributed by atoms with E-state index in [1.807, 2.05) is 19.9 Å². The van der Waals surface area contributed by atoms with E-state index in [4.69, 9.17) is 35.3 Å². The summed E-state index contributed by atoms with van der Waals surface area (Å²) >= 11 is 6.79. The Hall–Kier alpha value is -3.28. The number of carbonyl (C=O) groups excluding carboxylic acids is 5. The molecule has 0 aromatic heterocycles. The largest absolute Gasteiger partial charge is 0.495 e. The molecule has 4 bridgehead atoms. The first-order chi connectivity index (χ1) is 27.8. The second kappa shape index (κ2) is 21.0. The lowest BCUT2D eigenvalue weighted by atomic mass is 9.83. The van der Waals surface area contributed by atoms with Crippen molar-refractivity contribution in [3.63, 3.8) is 0 Å². The lowest BCUT2D eigenvalue weighted by Crippen LogP contribution is -2.63. The summed E-state index contributed by atoms with van der Waals surface area (Å²) in [5.41, 5.74) is -0.963. The molecule has 59 heavy (non-hydrogen) atoms. The van der Waals surface area contributed by atoms with Crippen molar-refractivity contribution in [2.24, 2.45) is 5.92 Å². The number of fused-ring (bicyclic) bond motifs is 5. The third-order valence-corrected chi connectivity index (χ3v) is 14.7. The molecule has 3 aliphatic rings. The number of halogens is 1. The number of anilines is 1. The fourth-order valence-corrected chi connectivity index (χ4v) is 9.91. The number of benzene rings is 1. The summed E-state index contributed by atoms with van der Waals surface area (Å²) in [5.74, 6) is -0.867. The number of likely N-dealkylation sites (N-methyl/N-ethyl adjacent to an activating group) is 1. The van der Waals surface area contributed by atoms with Crippen molar-refractivity contribution in [1.29, 1.82) is 0 Å². The Kier molecular flexibility index (Phi) is 17.2. The first-order valence-corrected chi connectivity index (χ1v) is 22.7. The molecule has 2 N–H and O–H groups in total. The zero-order valence-corrected chi connectivity index (χ0v) is 38.1. The molecule has 328 valence electrons. The van der Waals surface area contributed by atoms with Crippen molar-refractivity contribution in [3.8, 4) is 5.75 Å². The molecule has 0 unspecified atom stereocenters. The Labute approximate surface area is 360 Å². The van der Waals surface area contributed by atoms with Gasteiger partial charge in [0.15, 0.2) is 5.72 Å². The quantitative estimate of drug-likeness (QED) is 0.0907. The number of ether oxygens (including phenoxy) is 5. The van der Waals surface area contributed by atoms with Crippen LogP contribution in [-0.4, -0.2) is 121 Å². The molecule has 3 amide bonds. The predicted octanol–water partition coefficient (Wildman–Crippen LogP) is 6.43. The molecule has 17 heteroatoms. The Morgan fingerprint density at radius 3 is 2.56 bits per heavy atom. The number of nitrogens with one attached hydrogen (secondary N) is 1. The molecule has 3 aliphatic heterocycles. The van der Waals surface area contributed by atoms with Crippen LogP contribution in [0.3, 0.4) is 0 Å². The molecule has 4 rings (SSSR count). The lowest BCUT2D eigenvalue weighted by Gasteiger charge is -2.42. The fraction of sp³-hybridized carbons (Fsp3) is 0.643. The van der Waals surface area contributed by atoms with Crippen molar-refractivity contribution in [2.75, 3.05) is 39.0 Å². The zero-order chi connectivity index (χ0) is 43.8. The average molecular weight is 883 g/mol. The standard InChI is InChI=1S/C42H60ClN3O11S2/c1-11-29(47)16-15-25(3)59-58-18-17-35(48)45(7)27(5)39(50)56-34-22-36(49)46(8)30-20-28(21-31(53-9)37(30)43)19-24(2)13-12-14-33(54-10)42(52)23-32(55-40(51)44-42)26(4)38-41(34,6)57-38/h12-14,20-21,25-27,32-34,38,52H,11,15-19,22-23H2,1-10H3,(H,44,51)/b14-12+,24-13+/t25-,26-,27+,32+,33-,34+,38+,41+,42+/m1/s1. The van der Waals surface area contributed by atoms with Gasteiger partial charge in [0.05, 0.1) is 25.3 Å². The molecular formula is C42H60ClN3O11S2. The van der Waals surface area contributed by atoms with Crippen molar-refractivity contribution in [1.82, 2.24) is 10.2 Å². The van der Waals surface area contributed by atoms with Crippen LogP contribution in [-0.2, 0) is 44.5 Å². The van der Waals surface area contributed by atoms with Gasteiger partial charge in [-0.05, 0) is 51.3 Å².